The number of benzene rings is 2. The summed E-state index contributed by atoms with van der Waals surface area (Å²) in [4.78, 5) is 16.4. The number of carbonyl (C=O) groups excluding carboxylic acids is 1. The molecule has 0 aliphatic rings. The molecule has 0 fully saturated rings. The third kappa shape index (κ3) is 4.47. The molecule has 0 bridgehead atoms. The van der Waals surface area contributed by atoms with Crippen LogP contribution in [0.25, 0.3) is 10.9 Å². The van der Waals surface area contributed by atoms with Crippen LogP contribution in [0.15, 0.2) is 48.7 Å². The molecule has 2 aromatic carbocycles. The van der Waals surface area contributed by atoms with Gasteiger partial charge in [0, 0.05) is 41.0 Å². The number of aryl methyl sites for hydroxylation is 1. The summed E-state index contributed by atoms with van der Waals surface area (Å²) in [5, 5.41) is 4.33. The lowest BCUT2D eigenvalue weighted by Gasteiger charge is -2.22. The number of methoxy groups -OCH3 is 1. The van der Waals surface area contributed by atoms with E-state index in [1.54, 1.807) is 7.11 Å². The van der Waals surface area contributed by atoms with Crippen LogP contribution in [0.2, 0.25) is 0 Å². The van der Waals surface area contributed by atoms with Crippen LogP contribution in [0, 0.1) is 5.92 Å². The molecule has 1 aromatic heterocycles. The summed E-state index contributed by atoms with van der Waals surface area (Å²) in [5.41, 5.74) is 4.60. The van der Waals surface area contributed by atoms with E-state index in [2.05, 4.69) is 68.5 Å². The van der Waals surface area contributed by atoms with Crippen LogP contribution in [-0.4, -0.2) is 24.0 Å². The second-order valence-electron chi connectivity index (χ2n) is 8.04. The van der Waals surface area contributed by atoms with Crippen LogP contribution in [0.3, 0.4) is 0 Å². The average Bonchev–Trinajstić information content (AvgIpc) is 3.15. The summed E-state index contributed by atoms with van der Waals surface area (Å²) >= 11 is 0. The Kier molecular flexibility index (Phi) is 6.63. The van der Waals surface area contributed by atoms with Crippen molar-refractivity contribution in [1.29, 1.82) is 0 Å². The van der Waals surface area contributed by atoms with Gasteiger partial charge in [0.1, 0.15) is 5.75 Å². The van der Waals surface area contributed by atoms with Gasteiger partial charge in [-0.1, -0.05) is 57.2 Å². The van der Waals surface area contributed by atoms with E-state index in [-0.39, 0.29) is 17.9 Å². The van der Waals surface area contributed by atoms with Gasteiger partial charge in [-0.2, -0.15) is 0 Å². The maximum atomic E-state index is 12.9. The number of H-pyrrole nitrogens is 1. The fourth-order valence-corrected chi connectivity index (χ4v) is 3.83. The number of aromatic amines is 1. The highest BCUT2D eigenvalue weighted by molar-refractivity contribution is 5.88. The van der Waals surface area contributed by atoms with Crippen LogP contribution in [-0.2, 0) is 11.2 Å². The Labute approximate surface area is 173 Å². The molecule has 29 heavy (non-hydrogen) atoms. The molecule has 0 radical (unpaired) electrons. The number of para-hydroxylation sites is 2. The molecule has 2 atom stereocenters. The van der Waals surface area contributed by atoms with Crippen LogP contribution >= 0.6 is 0 Å². The molecule has 4 nitrogen and oxygen atoms in total. The van der Waals surface area contributed by atoms with E-state index in [1.807, 2.05) is 18.2 Å². The van der Waals surface area contributed by atoms with E-state index in [4.69, 9.17) is 4.74 Å². The van der Waals surface area contributed by atoms with E-state index < -0.39 is 0 Å². The topological polar surface area (TPSA) is 54.1 Å². The number of nitrogens with one attached hydrogen (secondary N) is 2. The van der Waals surface area contributed by atoms with E-state index in [1.165, 1.54) is 10.9 Å². The second-order valence-corrected chi connectivity index (χ2v) is 8.04. The number of fused-ring (bicyclic) bond motifs is 1. The third-order valence-corrected chi connectivity index (χ3v) is 5.88. The number of carbonyl (C=O) groups is 1. The minimum atomic E-state index is -0.0913. The molecule has 0 spiro atoms. The molecular formula is C25H32N2O2. The number of hydrogen-bond acceptors (Lipinski definition) is 2. The van der Waals surface area contributed by atoms with E-state index >= 15 is 0 Å². The Morgan fingerprint density at radius 2 is 1.83 bits per heavy atom. The molecule has 3 aromatic rings. The molecule has 0 aliphatic heterocycles. The second kappa shape index (κ2) is 9.17. The van der Waals surface area contributed by atoms with Crippen molar-refractivity contribution in [3.8, 4) is 5.75 Å². The van der Waals surface area contributed by atoms with Gasteiger partial charge in [-0.15, -0.1) is 0 Å². The van der Waals surface area contributed by atoms with Crippen molar-refractivity contribution in [2.75, 3.05) is 7.11 Å². The summed E-state index contributed by atoms with van der Waals surface area (Å²) in [6.07, 6.45) is 3.39. The Bertz CT molecular complexity index is 974. The van der Waals surface area contributed by atoms with Crippen molar-refractivity contribution in [2.45, 2.75) is 52.5 Å². The van der Waals surface area contributed by atoms with Crippen LogP contribution in [0.1, 0.15) is 56.7 Å². The van der Waals surface area contributed by atoms with Gasteiger partial charge in [-0.25, -0.2) is 0 Å². The first kappa shape index (κ1) is 21.0. The highest BCUT2D eigenvalue weighted by atomic mass is 16.5. The maximum Gasteiger partial charge on any atom is 0.221 e. The summed E-state index contributed by atoms with van der Waals surface area (Å²) < 4.78 is 5.64. The normalized spacial score (nSPS) is 13.4. The summed E-state index contributed by atoms with van der Waals surface area (Å²) in [6, 6.07) is 14.5. The van der Waals surface area contributed by atoms with E-state index in [0.717, 1.165) is 28.8 Å². The van der Waals surface area contributed by atoms with Crippen molar-refractivity contribution < 1.29 is 9.53 Å². The molecule has 4 heteroatoms. The number of hydrogen-bond donors (Lipinski definition) is 2. The van der Waals surface area contributed by atoms with Gasteiger partial charge >= 0.3 is 0 Å². The first-order valence-corrected chi connectivity index (χ1v) is 10.5. The van der Waals surface area contributed by atoms with E-state index in [9.17, 15) is 4.79 Å². The Morgan fingerprint density at radius 3 is 2.52 bits per heavy atom. The first-order valence-electron chi connectivity index (χ1n) is 10.5. The van der Waals surface area contributed by atoms with Crippen molar-refractivity contribution in [3.05, 3.63) is 65.4 Å². The minimum Gasteiger partial charge on any atom is -0.496 e. The summed E-state index contributed by atoms with van der Waals surface area (Å²) in [7, 11) is 1.68. The highest BCUT2D eigenvalue weighted by Crippen LogP contribution is 2.38. The fourth-order valence-electron chi connectivity index (χ4n) is 3.83. The largest absolute Gasteiger partial charge is 0.496 e. The van der Waals surface area contributed by atoms with Crippen LogP contribution in [0.4, 0.5) is 0 Å². The van der Waals surface area contributed by atoms with Crippen molar-refractivity contribution in [3.63, 3.8) is 0 Å². The fraction of sp³-hybridized carbons (Fsp3) is 0.400. The monoisotopic (exact) mass is 392 g/mol. The highest BCUT2D eigenvalue weighted by Gasteiger charge is 2.25. The van der Waals surface area contributed by atoms with Gasteiger partial charge in [0.05, 0.1) is 7.11 Å². The molecule has 0 unspecified atom stereocenters. The van der Waals surface area contributed by atoms with Crippen LogP contribution < -0.4 is 10.1 Å². The number of amides is 1. The summed E-state index contributed by atoms with van der Waals surface area (Å²) in [6.45, 7) is 8.46. The third-order valence-electron chi connectivity index (χ3n) is 5.88. The summed E-state index contributed by atoms with van der Waals surface area (Å²) in [5.74, 6) is 1.17. The lowest BCUT2D eigenvalue weighted by atomic mass is 9.86. The minimum absolute atomic E-state index is 0.0584. The molecular weight excluding hydrogens is 360 g/mol. The van der Waals surface area contributed by atoms with Gasteiger partial charge in [0.2, 0.25) is 5.91 Å². The zero-order valence-electron chi connectivity index (χ0n) is 18.1. The van der Waals surface area contributed by atoms with Crippen LogP contribution in [0.5, 0.6) is 5.75 Å². The zero-order valence-corrected chi connectivity index (χ0v) is 18.1. The lowest BCUT2D eigenvalue weighted by Crippen LogP contribution is -2.36. The molecule has 0 saturated heterocycles. The van der Waals surface area contributed by atoms with Gasteiger partial charge in [0.25, 0.3) is 0 Å². The van der Waals surface area contributed by atoms with E-state index in [0.29, 0.717) is 12.3 Å². The Balaban J connectivity index is 2.05. The van der Waals surface area contributed by atoms with Gasteiger partial charge in [-0.3, -0.25) is 4.79 Å². The molecule has 3 rings (SSSR count). The Hall–Kier alpha value is -2.75. The maximum absolute atomic E-state index is 12.9. The van der Waals surface area contributed by atoms with Crippen molar-refractivity contribution in [1.82, 2.24) is 10.3 Å². The predicted octanol–water partition coefficient (Wildman–Crippen LogP) is 5.42. The van der Waals surface area contributed by atoms with Crippen molar-refractivity contribution >= 4 is 16.8 Å². The average molecular weight is 393 g/mol. The smallest absolute Gasteiger partial charge is 0.221 e. The number of rotatable bonds is 8. The zero-order chi connectivity index (χ0) is 21.0. The van der Waals surface area contributed by atoms with Gasteiger partial charge in [0.15, 0.2) is 0 Å². The Morgan fingerprint density at radius 1 is 1.07 bits per heavy atom. The van der Waals surface area contributed by atoms with Gasteiger partial charge in [-0.05, 0) is 36.5 Å². The molecule has 2 N–H and O–H groups in total. The number of ether oxygens (including phenoxy) is 1. The number of aromatic nitrogens is 1. The lowest BCUT2D eigenvalue weighted by molar-refractivity contribution is -0.122. The van der Waals surface area contributed by atoms with Gasteiger partial charge < -0.3 is 15.0 Å². The molecule has 0 saturated carbocycles. The standard InChI is InChI=1S/C25H32N2O2/c1-6-18-10-9-12-20-22(15-26-25(18)20)21(14-24(28)27-17(4)16(2)3)19-11-7-8-13-23(19)29-5/h7-13,15-17,21,26H,6,14H2,1-5H3,(H,27,28)/t17-,21-/m1/s1. The first-order chi connectivity index (χ1) is 14.0. The SMILES string of the molecule is CCc1cccc2c([C@H](CC(=O)N[C@H](C)C(C)C)c3ccccc3OC)c[nH]c12. The van der Waals surface area contributed by atoms with Crippen molar-refractivity contribution in [2.24, 2.45) is 5.92 Å². The molecule has 154 valence electrons. The molecule has 1 amide bonds. The predicted molar refractivity (Wildman–Crippen MR) is 120 cm³/mol. The molecule has 0 aliphatic carbocycles. The quantitative estimate of drug-likeness (QED) is 0.538. The molecule has 1 heterocycles.